The number of aromatic nitrogens is 1. The van der Waals surface area contributed by atoms with Gasteiger partial charge in [0.25, 0.3) is 0 Å². The minimum absolute atomic E-state index is 0.364. The lowest BCUT2D eigenvalue weighted by atomic mass is 9.49. The molecule has 6 rings (SSSR count). The number of carbonyl (C=O) groups is 1. The van der Waals surface area contributed by atoms with Gasteiger partial charge in [0.1, 0.15) is 0 Å². The van der Waals surface area contributed by atoms with Gasteiger partial charge in [-0.1, -0.05) is 6.07 Å². The maximum Gasteiger partial charge on any atom is 0.223 e. The molecule has 0 spiro atoms. The second-order valence-electron chi connectivity index (χ2n) is 10.4. The standard InChI is InChI=1S/C24H35N3O/c1-18-4-2-5-22(25-18)17-26-6-3-7-27(9-8-26)23(28)16-24-13-19-10-20(14-24)12-21(11-19)15-24/h2,4-5,19-21H,3,6-17H2,1H3. The summed E-state index contributed by atoms with van der Waals surface area (Å²) < 4.78 is 0. The average molecular weight is 382 g/mol. The highest BCUT2D eigenvalue weighted by Gasteiger charge is 2.51. The lowest BCUT2D eigenvalue weighted by molar-refractivity contribution is -0.139. The number of rotatable bonds is 4. The second-order valence-corrected chi connectivity index (χ2v) is 10.4. The summed E-state index contributed by atoms with van der Waals surface area (Å²) in [5.74, 6) is 3.24. The van der Waals surface area contributed by atoms with Crippen LogP contribution in [0.15, 0.2) is 18.2 Å². The molecule has 1 aromatic rings. The number of hydrogen-bond donors (Lipinski definition) is 0. The summed E-state index contributed by atoms with van der Waals surface area (Å²) >= 11 is 0. The molecule has 0 unspecified atom stereocenters. The molecule has 4 nitrogen and oxygen atoms in total. The summed E-state index contributed by atoms with van der Waals surface area (Å²) in [5, 5.41) is 0. The van der Waals surface area contributed by atoms with Crippen molar-refractivity contribution in [3.05, 3.63) is 29.6 Å². The Morgan fingerprint density at radius 2 is 1.75 bits per heavy atom. The molecule has 4 aliphatic carbocycles. The minimum Gasteiger partial charge on any atom is -0.341 e. The van der Waals surface area contributed by atoms with Crippen molar-refractivity contribution in [3.63, 3.8) is 0 Å². The normalized spacial score (nSPS) is 35.2. The van der Waals surface area contributed by atoms with Crippen molar-refractivity contribution < 1.29 is 4.79 Å². The van der Waals surface area contributed by atoms with Crippen molar-refractivity contribution in [1.82, 2.24) is 14.8 Å². The fraction of sp³-hybridized carbons (Fsp3) is 0.750. The lowest BCUT2D eigenvalue weighted by Crippen LogP contribution is -2.48. The van der Waals surface area contributed by atoms with Crippen LogP contribution in [-0.2, 0) is 11.3 Å². The highest BCUT2D eigenvalue weighted by molar-refractivity contribution is 5.77. The van der Waals surface area contributed by atoms with Crippen LogP contribution in [0.5, 0.6) is 0 Å². The van der Waals surface area contributed by atoms with Gasteiger partial charge in [-0.2, -0.15) is 0 Å². The van der Waals surface area contributed by atoms with Gasteiger partial charge >= 0.3 is 0 Å². The molecular formula is C24H35N3O. The quantitative estimate of drug-likeness (QED) is 0.790. The van der Waals surface area contributed by atoms with E-state index in [-0.39, 0.29) is 0 Å². The molecule has 0 atom stereocenters. The molecule has 4 heteroatoms. The molecule has 0 radical (unpaired) electrons. The molecule has 152 valence electrons. The van der Waals surface area contributed by atoms with Gasteiger partial charge in [0.2, 0.25) is 5.91 Å². The molecule has 0 N–H and O–H groups in total. The molecule has 1 aliphatic heterocycles. The third kappa shape index (κ3) is 3.85. The summed E-state index contributed by atoms with van der Waals surface area (Å²) in [7, 11) is 0. The predicted octanol–water partition coefficient (Wildman–Crippen LogP) is 4.03. The highest BCUT2D eigenvalue weighted by atomic mass is 16.2. The number of amides is 1. The van der Waals surface area contributed by atoms with E-state index in [0.29, 0.717) is 11.3 Å². The second kappa shape index (κ2) is 7.44. The van der Waals surface area contributed by atoms with Gasteiger partial charge in [-0.25, -0.2) is 0 Å². The van der Waals surface area contributed by atoms with E-state index in [0.717, 1.165) is 74.7 Å². The van der Waals surface area contributed by atoms with E-state index in [1.165, 1.54) is 38.5 Å². The van der Waals surface area contributed by atoms with Gasteiger partial charge in [0.05, 0.1) is 5.69 Å². The summed E-state index contributed by atoms with van der Waals surface area (Å²) in [5.41, 5.74) is 2.59. The van der Waals surface area contributed by atoms with Crippen molar-refractivity contribution in [2.45, 2.75) is 64.8 Å². The van der Waals surface area contributed by atoms with Gasteiger partial charge in [0, 0.05) is 44.8 Å². The van der Waals surface area contributed by atoms with Crippen LogP contribution in [0.2, 0.25) is 0 Å². The molecule has 5 aliphatic rings. The lowest BCUT2D eigenvalue weighted by Gasteiger charge is -2.57. The minimum atomic E-state index is 0.364. The number of pyridine rings is 1. The van der Waals surface area contributed by atoms with Gasteiger partial charge in [-0.3, -0.25) is 14.7 Å². The molecule has 1 saturated heterocycles. The first kappa shape index (κ1) is 18.6. The van der Waals surface area contributed by atoms with Gasteiger partial charge in [0.15, 0.2) is 0 Å². The molecule has 1 aromatic heterocycles. The first-order chi connectivity index (χ1) is 13.6. The Kier molecular flexibility index (Phi) is 4.94. The molecule has 5 fully saturated rings. The first-order valence-corrected chi connectivity index (χ1v) is 11.5. The van der Waals surface area contributed by atoms with Gasteiger partial charge < -0.3 is 4.90 Å². The van der Waals surface area contributed by atoms with Crippen LogP contribution in [0.4, 0.5) is 0 Å². The van der Waals surface area contributed by atoms with Crippen LogP contribution in [0, 0.1) is 30.1 Å². The van der Waals surface area contributed by atoms with Crippen LogP contribution >= 0.6 is 0 Å². The van der Waals surface area contributed by atoms with E-state index in [9.17, 15) is 4.79 Å². The Morgan fingerprint density at radius 1 is 1.04 bits per heavy atom. The molecule has 4 bridgehead atoms. The Balaban J connectivity index is 1.18. The van der Waals surface area contributed by atoms with E-state index in [1.54, 1.807) is 0 Å². The Morgan fingerprint density at radius 3 is 2.43 bits per heavy atom. The molecule has 0 aromatic carbocycles. The van der Waals surface area contributed by atoms with Crippen LogP contribution in [0.25, 0.3) is 0 Å². The Hall–Kier alpha value is -1.42. The molecular weight excluding hydrogens is 346 g/mol. The number of aryl methyl sites for hydroxylation is 1. The summed E-state index contributed by atoms with van der Waals surface area (Å²) in [4.78, 5) is 22.5. The van der Waals surface area contributed by atoms with E-state index in [4.69, 9.17) is 0 Å². The molecule has 4 saturated carbocycles. The SMILES string of the molecule is Cc1cccc(CN2CCCN(C(=O)CC34CC5CC(CC(C5)C3)C4)CC2)n1. The Labute approximate surface area is 169 Å². The monoisotopic (exact) mass is 381 g/mol. The third-order valence-electron chi connectivity index (χ3n) is 7.96. The van der Waals surface area contributed by atoms with Crippen molar-refractivity contribution >= 4 is 5.91 Å². The third-order valence-corrected chi connectivity index (χ3v) is 7.96. The molecule has 28 heavy (non-hydrogen) atoms. The van der Waals surface area contributed by atoms with Crippen LogP contribution in [0.1, 0.15) is 62.8 Å². The van der Waals surface area contributed by atoms with E-state index in [1.807, 2.05) is 0 Å². The van der Waals surface area contributed by atoms with Gasteiger partial charge in [-0.15, -0.1) is 0 Å². The Bertz CT molecular complexity index is 695. The summed E-state index contributed by atoms with van der Waals surface area (Å²) in [6.07, 6.45) is 10.3. The summed E-state index contributed by atoms with van der Waals surface area (Å²) in [6.45, 7) is 6.81. The number of hydrogen-bond acceptors (Lipinski definition) is 3. The molecule has 2 heterocycles. The zero-order valence-electron chi connectivity index (χ0n) is 17.4. The van der Waals surface area contributed by atoms with Crippen molar-refractivity contribution in [1.29, 1.82) is 0 Å². The van der Waals surface area contributed by atoms with Crippen LogP contribution in [0.3, 0.4) is 0 Å². The predicted molar refractivity (Wildman–Crippen MR) is 111 cm³/mol. The van der Waals surface area contributed by atoms with E-state index < -0.39 is 0 Å². The van der Waals surface area contributed by atoms with Crippen LogP contribution < -0.4 is 0 Å². The number of nitrogens with zero attached hydrogens (tertiary/aromatic N) is 3. The highest BCUT2D eigenvalue weighted by Crippen LogP contribution is 2.61. The zero-order valence-corrected chi connectivity index (χ0v) is 17.4. The van der Waals surface area contributed by atoms with Crippen LogP contribution in [-0.4, -0.2) is 46.9 Å². The number of carbonyl (C=O) groups excluding carboxylic acids is 1. The van der Waals surface area contributed by atoms with Crippen molar-refractivity contribution in [3.8, 4) is 0 Å². The fourth-order valence-corrected chi connectivity index (χ4v) is 7.23. The smallest absolute Gasteiger partial charge is 0.223 e. The fourth-order valence-electron chi connectivity index (χ4n) is 7.23. The largest absolute Gasteiger partial charge is 0.341 e. The topological polar surface area (TPSA) is 36.4 Å². The first-order valence-electron chi connectivity index (χ1n) is 11.5. The molecule has 1 amide bonds. The van der Waals surface area contributed by atoms with Crippen molar-refractivity contribution in [2.24, 2.45) is 23.2 Å². The summed E-state index contributed by atoms with van der Waals surface area (Å²) in [6, 6.07) is 6.27. The van der Waals surface area contributed by atoms with E-state index >= 15 is 0 Å². The maximum atomic E-state index is 13.2. The zero-order chi connectivity index (χ0) is 19.1. The maximum absolute atomic E-state index is 13.2. The van der Waals surface area contributed by atoms with Crippen molar-refractivity contribution in [2.75, 3.05) is 26.2 Å². The van der Waals surface area contributed by atoms with E-state index in [2.05, 4.69) is 39.9 Å². The average Bonchev–Trinajstić information content (AvgIpc) is 2.86. The van der Waals surface area contributed by atoms with Gasteiger partial charge in [-0.05, 0) is 87.2 Å².